The van der Waals surface area contributed by atoms with Crippen molar-refractivity contribution in [1.82, 2.24) is 0 Å². The molecule has 1 aromatic carbocycles. The summed E-state index contributed by atoms with van der Waals surface area (Å²) in [7, 11) is 0. The van der Waals surface area contributed by atoms with Crippen LogP contribution in [0, 0.1) is 20.8 Å². The lowest BCUT2D eigenvalue weighted by Crippen LogP contribution is -1.97. The summed E-state index contributed by atoms with van der Waals surface area (Å²) in [6, 6.07) is 4.37. The van der Waals surface area contributed by atoms with E-state index < -0.39 is 0 Å². The van der Waals surface area contributed by atoms with E-state index in [0.29, 0.717) is 6.42 Å². The summed E-state index contributed by atoms with van der Waals surface area (Å²) in [4.78, 5) is 10.6. The molecule has 0 N–H and O–H groups in total. The molecule has 15 heavy (non-hydrogen) atoms. The number of carbonyl (C=O) groups excluding carboxylic acids is 1. The lowest BCUT2D eigenvalue weighted by atomic mass is 9.96. The fraction of sp³-hybridized carbons (Fsp3) is 0.462. The molecular weight excluding hydrogens is 208 g/mol. The molecule has 0 aliphatic carbocycles. The number of hydrogen-bond acceptors (Lipinski definition) is 1. The summed E-state index contributed by atoms with van der Waals surface area (Å²) >= 11 is 5.31. The summed E-state index contributed by atoms with van der Waals surface area (Å²) in [6.45, 7) is 6.35. The van der Waals surface area contributed by atoms with Gasteiger partial charge in [-0.2, -0.15) is 0 Å². The molecule has 0 saturated heterocycles. The van der Waals surface area contributed by atoms with Crippen LogP contribution in [-0.4, -0.2) is 5.24 Å². The highest BCUT2D eigenvalue weighted by molar-refractivity contribution is 6.63. The normalized spacial score (nSPS) is 10.4. The van der Waals surface area contributed by atoms with Crippen LogP contribution in [0.4, 0.5) is 0 Å². The van der Waals surface area contributed by atoms with E-state index in [1.54, 1.807) is 0 Å². The van der Waals surface area contributed by atoms with Gasteiger partial charge in [-0.3, -0.25) is 4.79 Å². The van der Waals surface area contributed by atoms with Gasteiger partial charge in [-0.1, -0.05) is 17.7 Å². The zero-order chi connectivity index (χ0) is 11.4. The minimum absolute atomic E-state index is 0.239. The van der Waals surface area contributed by atoms with Crippen molar-refractivity contribution in [3.8, 4) is 0 Å². The van der Waals surface area contributed by atoms with Crippen molar-refractivity contribution in [3.63, 3.8) is 0 Å². The molecule has 0 unspecified atom stereocenters. The Labute approximate surface area is 96.5 Å². The quantitative estimate of drug-likeness (QED) is 0.713. The van der Waals surface area contributed by atoms with Crippen molar-refractivity contribution in [3.05, 3.63) is 34.4 Å². The molecule has 0 saturated carbocycles. The van der Waals surface area contributed by atoms with Crippen LogP contribution in [0.25, 0.3) is 0 Å². The zero-order valence-electron chi connectivity index (χ0n) is 9.56. The molecule has 0 bridgehead atoms. The minimum atomic E-state index is -0.239. The Balaban J connectivity index is 2.72. The summed E-state index contributed by atoms with van der Waals surface area (Å²) in [5.41, 5.74) is 5.28. The van der Waals surface area contributed by atoms with E-state index in [1.807, 2.05) is 0 Å². The van der Waals surface area contributed by atoms with Crippen LogP contribution in [0.5, 0.6) is 0 Å². The number of aryl methyl sites for hydroxylation is 3. The second kappa shape index (κ2) is 5.32. The van der Waals surface area contributed by atoms with Gasteiger partial charge in [0.05, 0.1) is 0 Å². The molecule has 0 fully saturated rings. The molecule has 0 aliphatic heterocycles. The van der Waals surface area contributed by atoms with Crippen LogP contribution in [0.3, 0.4) is 0 Å². The van der Waals surface area contributed by atoms with E-state index in [2.05, 4.69) is 32.9 Å². The summed E-state index contributed by atoms with van der Waals surface area (Å²) in [6.07, 6.45) is 2.25. The highest BCUT2D eigenvalue weighted by atomic mass is 35.5. The number of halogens is 1. The number of rotatable bonds is 4. The van der Waals surface area contributed by atoms with Gasteiger partial charge >= 0.3 is 0 Å². The first-order chi connectivity index (χ1) is 7.00. The first-order valence-corrected chi connectivity index (χ1v) is 5.63. The van der Waals surface area contributed by atoms with Gasteiger partial charge in [0.25, 0.3) is 0 Å². The van der Waals surface area contributed by atoms with Crippen LogP contribution in [0.2, 0.25) is 0 Å². The van der Waals surface area contributed by atoms with Gasteiger partial charge in [0.1, 0.15) is 0 Å². The van der Waals surface area contributed by atoms with E-state index in [-0.39, 0.29) is 5.24 Å². The summed E-state index contributed by atoms with van der Waals surface area (Å²) in [5, 5.41) is -0.239. The average molecular weight is 225 g/mol. The van der Waals surface area contributed by atoms with Crippen molar-refractivity contribution in [2.75, 3.05) is 0 Å². The van der Waals surface area contributed by atoms with Gasteiger partial charge < -0.3 is 0 Å². The molecule has 1 aromatic rings. The Morgan fingerprint density at radius 1 is 1.20 bits per heavy atom. The maximum absolute atomic E-state index is 10.6. The first kappa shape index (κ1) is 12.3. The third-order valence-corrected chi connectivity index (χ3v) is 2.83. The second-order valence-corrected chi connectivity index (χ2v) is 4.51. The molecule has 1 nitrogen and oxygen atoms in total. The standard InChI is InChI=1S/C13H17ClO/c1-9-7-10(2)12(11(3)8-9)5-4-6-13(14)15/h7-8H,4-6H2,1-3H3. The Morgan fingerprint density at radius 3 is 2.20 bits per heavy atom. The second-order valence-electron chi connectivity index (χ2n) is 4.09. The molecule has 0 heterocycles. The molecule has 0 amide bonds. The van der Waals surface area contributed by atoms with Gasteiger partial charge in [-0.25, -0.2) is 0 Å². The molecule has 0 aliphatic rings. The Bertz CT molecular complexity index is 346. The minimum Gasteiger partial charge on any atom is -0.281 e. The monoisotopic (exact) mass is 224 g/mol. The van der Waals surface area contributed by atoms with Gasteiger partial charge in [-0.05, 0) is 61.9 Å². The van der Waals surface area contributed by atoms with Crippen molar-refractivity contribution < 1.29 is 4.79 Å². The van der Waals surface area contributed by atoms with Crippen molar-refractivity contribution in [2.45, 2.75) is 40.0 Å². The Kier molecular flexibility index (Phi) is 4.34. The van der Waals surface area contributed by atoms with E-state index >= 15 is 0 Å². The lowest BCUT2D eigenvalue weighted by Gasteiger charge is -2.10. The maximum atomic E-state index is 10.6. The van der Waals surface area contributed by atoms with E-state index in [9.17, 15) is 4.79 Å². The third kappa shape index (κ3) is 3.67. The molecule has 82 valence electrons. The molecule has 0 atom stereocenters. The zero-order valence-corrected chi connectivity index (χ0v) is 10.3. The first-order valence-electron chi connectivity index (χ1n) is 5.25. The molecule has 0 spiro atoms. The smallest absolute Gasteiger partial charge is 0.221 e. The van der Waals surface area contributed by atoms with Crippen molar-refractivity contribution >= 4 is 16.8 Å². The lowest BCUT2D eigenvalue weighted by molar-refractivity contribution is -0.111. The largest absolute Gasteiger partial charge is 0.281 e. The van der Waals surface area contributed by atoms with Gasteiger partial charge in [0.15, 0.2) is 0 Å². The molecule has 2 heteroatoms. The highest BCUT2D eigenvalue weighted by Gasteiger charge is 2.04. The van der Waals surface area contributed by atoms with Crippen molar-refractivity contribution in [1.29, 1.82) is 0 Å². The van der Waals surface area contributed by atoms with Crippen LogP contribution in [-0.2, 0) is 11.2 Å². The topological polar surface area (TPSA) is 17.1 Å². The predicted octanol–water partition coefficient (Wildman–Crippen LogP) is 3.70. The van der Waals surface area contributed by atoms with Crippen LogP contribution in [0.15, 0.2) is 12.1 Å². The van der Waals surface area contributed by atoms with Gasteiger partial charge in [-0.15, -0.1) is 0 Å². The van der Waals surface area contributed by atoms with Crippen LogP contribution in [0.1, 0.15) is 35.1 Å². The van der Waals surface area contributed by atoms with E-state index in [0.717, 1.165) is 12.8 Å². The van der Waals surface area contributed by atoms with Gasteiger partial charge in [0.2, 0.25) is 5.24 Å². The maximum Gasteiger partial charge on any atom is 0.221 e. The number of carbonyl (C=O) groups is 1. The Hall–Kier alpha value is -0.820. The molecule has 1 rings (SSSR count). The third-order valence-electron chi connectivity index (χ3n) is 2.64. The van der Waals surface area contributed by atoms with E-state index in [4.69, 9.17) is 11.6 Å². The molecule has 0 radical (unpaired) electrons. The number of hydrogen-bond donors (Lipinski definition) is 0. The molecule has 0 aromatic heterocycles. The highest BCUT2D eigenvalue weighted by Crippen LogP contribution is 2.18. The summed E-state index contributed by atoms with van der Waals surface area (Å²) < 4.78 is 0. The SMILES string of the molecule is Cc1cc(C)c(CCCC(=O)Cl)c(C)c1. The number of benzene rings is 1. The fourth-order valence-corrected chi connectivity index (χ4v) is 2.14. The van der Waals surface area contributed by atoms with E-state index in [1.165, 1.54) is 22.3 Å². The van der Waals surface area contributed by atoms with Crippen molar-refractivity contribution in [2.24, 2.45) is 0 Å². The molecular formula is C13H17ClO. The Morgan fingerprint density at radius 2 is 1.73 bits per heavy atom. The predicted molar refractivity (Wildman–Crippen MR) is 64.5 cm³/mol. The van der Waals surface area contributed by atoms with Crippen LogP contribution < -0.4 is 0 Å². The fourth-order valence-electron chi connectivity index (χ4n) is 2.01. The summed E-state index contributed by atoms with van der Waals surface area (Å²) in [5.74, 6) is 0. The van der Waals surface area contributed by atoms with Crippen LogP contribution >= 0.6 is 11.6 Å². The van der Waals surface area contributed by atoms with Gasteiger partial charge in [0, 0.05) is 6.42 Å². The average Bonchev–Trinajstić information content (AvgIpc) is 2.08.